The molecular formula is C22H27NO4. The molecule has 2 aromatic rings. The molecule has 27 heavy (non-hydrogen) atoms. The van der Waals surface area contributed by atoms with Gasteiger partial charge in [-0.15, -0.1) is 0 Å². The van der Waals surface area contributed by atoms with Crippen molar-refractivity contribution in [3.8, 4) is 17.2 Å². The fraction of sp³-hybridized carbons (Fsp3) is 0.409. The van der Waals surface area contributed by atoms with Crippen molar-refractivity contribution in [1.82, 2.24) is 0 Å². The lowest BCUT2D eigenvalue weighted by atomic mass is 10.1. The van der Waals surface area contributed by atoms with Crippen molar-refractivity contribution in [1.29, 1.82) is 0 Å². The molecule has 0 bridgehead atoms. The molecule has 5 nitrogen and oxygen atoms in total. The Labute approximate surface area is 160 Å². The Bertz CT molecular complexity index is 786. The minimum absolute atomic E-state index is 0.0455. The lowest BCUT2D eigenvalue weighted by Crippen LogP contribution is -2.13. The van der Waals surface area contributed by atoms with E-state index < -0.39 is 0 Å². The molecule has 0 saturated heterocycles. The highest BCUT2D eigenvalue weighted by atomic mass is 16.5. The number of hydrogen-bond donors (Lipinski definition) is 1. The number of fused-ring (bicyclic) bond motifs is 1. The summed E-state index contributed by atoms with van der Waals surface area (Å²) in [5.74, 6) is 2.33. The van der Waals surface area contributed by atoms with Crippen LogP contribution in [0.25, 0.3) is 0 Å². The molecule has 1 aliphatic rings. The van der Waals surface area contributed by atoms with Gasteiger partial charge in [0.25, 0.3) is 0 Å². The normalized spacial score (nSPS) is 15.0. The van der Waals surface area contributed by atoms with Crippen molar-refractivity contribution in [2.24, 2.45) is 0 Å². The Morgan fingerprint density at radius 2 is 1.89 bits per heavy atom. The van der Waals surface area contributed by atoms with Crippen molar-refractivity contribution in [3.05, 3.63) is 47.5 Å². The van der Waals surface area contributed by atoms with Gasteiger partial charge in [0.2, 0.25) is 5.91 Å². The number of nitrogens with one attached hydrogen (secondary N) is 1. The maximum Gasteiger partial charge on any atom is 0.224 e. The highest BCUT2D eigenvalue weighted by Gasteiger charge is 2.22. The lowest BCUT2D eigenvalue weighted by molar-refractivity contribution is -0.116. The molecular weight excluding hydrogens is 342 g/mol. The van der Waals surface area contributed by atoms with Crippen molar-refractivity contribution in [2.45, 2.75) is 46.1 Å². The second kappa shape index (κ2) is 8.80. The zero-order chi connectivity index (χ0) is 19.2. The van der Waals surface area contributed by atoms with Gasteiger partial charge in [-0.3, -0.25) is 4.79 Å². The molecule has 1 aliphatic heterocycles. The van der Waals surface area contributed by atoms with Gasteiger partial charge in [0.15, 0.2) is 0 Å². The molecule has 0 saturated carbocycles. The van der Waals surface area contributed by atoms with Crippen LogP contribution in [-0.2, 0) is 17.6 Å². The van der Waals surface area contributed by atoms with Crippen LogP contribution in [0.3, 0.4) is 0 Å². The molecule has 0 aliphatic carbocycles. The molecule has 1 atom stereocenters. The Hall–Kier alpha value is -2.69. The highest BCUT2D eigenvalue weighted by Crippen LogP contribution is 2.38. The zero-order valence-corrected chi connectivity index (χ0v) is 16.2. The molecule has 3 rings (SSSR count). The van der Waals surface area contributed by atoms with Gasteiger partial charge >= 0.3 is 0 Å². The van der Waals surface area contributed by atoms with Gasteiger partial charge in [-0.2, -0.15) is 0 Å². The van der Waals surface area contributed by atoms with Crippen molar-refractivity contribution in [2.75, 3.05) is 18.5 Å². The maximum absolute atomic E-state index is 12.4. The maximum atomic E-state index is 12.4. The monoisotopic (exact) mass is 369 g/mol. The van der Waals surface area contributed by atoms with Crippen molar-refractivity contribution >= 4 is 11.6 Å². The average Bonchev–Trinajstić information content (AvgIpc) is 3.01. The van der Waals surface area contributed by atoms with Crippen LogP contribution < -0.4 is 19.5 Å². The summed E-state index contributed by atoms with van der Waals surface area (Å²) in [5, 5.41) is 2.97. The first-order valence-corrected chi connectivity index (χ1v) is 9.57. The minimum Gasteiger partial charge on any atom is -0.494 e. The standard InChI is InChI=1S/C22H27NO4/c1-4-25-18-9-6-16(7-10-18)8-11-22(24)23-19-14-20-17(12-15(3)27-20)13-21(19)26-5-2/h6-7,9-10,13-15H,4-5,8,11-12H2,1-3H3,(H,23,24). The predicted molar refractivity (Wildman–Crippen MR) is 106 cm³/mol. The van der Waals surface area contributed by atoms with Gasteiger partial charge in [-0.1, -0.05) is 12.1 Å². The summed E-state index contributed by atoms with van der Waals surface area (Å²) in [4.78, 5) is 12.4. The summed E-state index contributed by atoms with van der Waals surface area (Å²) in [5.41, 5.74) is 2.89. The van der Waals surface area contributed by atoms with Gasteiger partial charge in [0, 0.05) is 24.5 Å². The van der Waals surface area contributed by atoms with E-state index in [1.807, 2.05) is 57.2 Å². The third kappa shape index (κ3) is 4.94. The van der Waals surface area contributed by atoms with Crippen molar-refractivity contribution in [3.63, 3.8) is 0 Å². The van der Waals surface area contributed by atoms with E-state index in [0.717, 1.165) is 29.0 Å². The summed E-state index contributed by atoms with van der Waals surface area (Å²) >= 11 is 0. The van der Waals surface area contributed by atoms with E-state index in [1.165, 1.54) is 0 Å². The first kappa shape index (κ1) is 19.1. The van der Waals surface area contributed by atoms with E-state index >= 15 is 0 Å². The van der Waals surface area contributed by atoms with Crippen LogP contribution in [0.5, 0.6) is 17.2 Å². The van der Waals surface area contributed by atoms with Gasteiger partial charge in [0.05, 0.1) is 18.9 Å². The van der Waals surface area contributed by atoms with Gasteiger partial charge in [-0.25, -0.2) is 0 Å². The topological polar surface area (TPSA) is 56.8 Å². The molecule has 0 aromatic heterocycles. The molecule has 5 heteroatoms. The summed E-state index contributed by atoms with van der Waals surface area (Å²) in [6, 6.07) is 11.7. The smallest absolute Gasteiger partial charge is 0.224 e. The fourth-order valence-corrected chi connectivity index (χ4v) is 3.20. The SMILES string of the molecule is CCOc1ccc(CCC(=O)Nc2cc3c(cc2OCC)CC(C)O3)cc1. The van der Waals surface area contributed by atoms with Crippen LogP contribution >= 0.6 is 0 Å². The summed E-state index contributed by atoms with van der Waals surface area (Å²) in [7, 11) is 0. The Morgan fingerprint density at radius 3 is 2.59 bits per heavy atom. The molecule has 144 valence electrons. The highest BCUT2D eigenvalue weighted by molar-refractivity contribution is 5.93. The van der Waals surface area contributed by atoms with Crippen LogP contribution in [0.1, 0.15) is 38.3 Å². The number of ether oxygens (including phenoxy) is 3. The number of carbonyl (C=O) groups is 1. The van der Waals surface area contributed by atoms with Crippen LogP contribution in [-0.4, -0.2) is 25.2 Å². The van der Waals surface area contributed by atoms with Crippen LogP contribution in [0.4, 0.5) is 5.69 Å². The molecule has 0 spiro atoms. The van der Waals surface area contributed by atoms with Gasteiger partial charge in [0.1, 0.15) is 23.4 Å². The number of carbonyl (C=O) groups excluding carboxylic acids is 1. The molecule has 1 unspecified atom stereocenters. The predicted octanol–water partition coefficient (Wildman–Crippen LogP) is 4.38. The molecule has 0 fully saturated rings. The van der Waals surface area contributed by atoms with Crippen LogP contribution in [0, 0.1) is 0 Å². The first-order chi connectivity index (χ1) is 13.1. The Balaban J connectivity index is 1.62. The van der Waals surface area contributed by atoms with E-state index in [-0.39, 0.29) is 12.0 Å². The Kier molecular flexibility index (Phi) is 6.22. The summed E-state index contributed by atoms with van der Waals surface area (Å²) < 4.78 is 17.0. The zero-order valence-electron chi connectivity index (χ0n) is 16.2. The van der Waals surface area contributed by atoms with Gasteiger partial charge in [-0.05, 0) is 51.0 Å². The molecule has 0 radical (unpaired) electrons. The number of aryl methyl sites for hydroxylation is 1. The lowest BCUT2D eigenvalue weighted by Gasteiger charge is -2.13. The number of amides is 1. The third-order valence-corrected chi connectivity index (χ3v) is 4.45. The van der Waals surface area contributed by atoms with E-state index in [4.69, 9.17) is 14.2 Å². The minimum atomic E-state index is -0.0455. The number of hydrogen-bond acceptors (Lipinski definition) is 4. The van der Waals surface area contributed by atoms with Crippen molar-refractivity contribution < 1.29 is 19.0 Å². The number of anilines is 1. The molecule has 1 heterocycles. The van der Waals surface area contributed by atoms with E-state index in [0.29, 0.717) is 37.5 Å². The summed E-state index contributed by atoms with van der Waals surface area (Å²) in [6.07, 6.45) is 2.08. The quantitative estimate of drug-likeness (QED) is 0.750. The molecule has 1 amide bonds. The van der Waals surface area contributed by atoms with E-state index in [9.17, 15) is 4.79 Å². The number of benzene rings is 2. The molecule has 2 aromatic carbocycles. The van der Waals surface area contributed by atoms with E-state index in [2.05, 4.69) is 5.32 Å². The second-order valence-electron chi connectivity index (χ2n) is 6.65. The average molecular weight is 369 g/mol. The third-order valence-electron chi connectivity index (χ3n) is 4.45. The number of rotatable bonds is 8. The van der Waals surface area contributed by atoms with Crippen LogP contribution in [0.2, 0.25) is 0 Å². The largest absolute Gasteiger partial charge is 0.494 e. The van der Waals surface area contributed by atoms with E-state index in [1.54, 1.807) is 0 Å². The first-order valence-electron chi connectivity index (χ1n) is 9.57. The molecule has 1 N–H and O–H groups in total. The summed E-state index contributed by atoms with van der Waals surface area (Å²) in [6.45, 7) is 7.12. The Morgan fingerprint density at radius 1 is 1.15 bits per heavy atom. The second-order valence-corrected chi connectivity index (χ2v) is 6.65. The van der Waals surface area contributed by atoms with Crippen LogP contribution in [0.15, 0.2) is 36.4 Å². The fourth-order valence-electron chi connectivity index (χ4n) is 3.20. The van der Waals surface area contributed by atoms with Gasteiger partial charge < -0.3 is 19.5 Å².